The highest BCUT2D eigenvalue weighted by atomic mass is 16.3. The smallest absolute Gasteiger partial charge is 0.242 e. The van der Waals surface area contributed by atoms with Gasteiger partial charge in [-0.15, -0.1) is 0 Å². The van der Waals surface area contributed by atoms with Crippen LogP contribution in [0.4, 0.5) is 17.1 Å². The van der Waals surface area contributed by atoms with Crippen LogP contribution < -0.4 is 21.3 Å². The molecule has 2 atom stereocenters. The lowest BCUT2D eigenvalue weighted by Crippen LogP contribution is -2.57. The van der Waals surface area contributed by atoms with Gasteiger partial charge in [0.15, 0.2) is 5.58 Å². The highest BCUT2D eigenvalue weighted by molar-refractivity contribution is 6.96. The molecule has 0 saturated heterocycles. The zero-order chi connectivity index (χ0) is 55.2. The van der Waals surface area contributed by atoms with Crippen LogP contribution >= 0.6 is 0 Å². The molecule has 12 rings (SSSR count). The van der Waals surface area contributed by atoms with Crippen LogP contribution in [0.15, 0.2) is 168 Å². The van der Waals surface area contributed by atoms with E-state index < -0.39 is 0 Å². The van der Waals surface area contributed by atoms with Crippen molar-refractivity contribution in [1.82, 2.24) is 0 Å². The van der Waals surface area contributed by atoms with Crippen LogP contribution in [-0.4, -0.2) is 6.71 Å². The van der Waals surface area contributed by atoms with Crippen LogP contribution in [0.2, 0.25) is 0 Å². The number of anilines is 3. The van der Waals surface area contributed by atoms with Gasteiger partial charge in [-0.1, -0.05) is 252 Å². The first-order chi connectivity index (χ1) is 37.7. The molecule has 0 radical (unpaired) electrons. The van der Waals surface area contributed by atoms with Gasteiger partial charge in [-0.05, 0) is 169 Å². The lowest BCUT2D eigenvalue weighted by molar-refractivity contribution is 0.442. The summed E-state index contributed by atoms with van der Waals surface area (Å²) in [4.78, 5) is 2.57. The van der Waals surface area contributed by atoms with E-state index in [4.69, 9.17) is 4.42 Å². The zero-order valence-corrected chi connectivity index (χ0v) is 49.6. The average molecular weight is 1040 g/mol. The summed E-state index contributed by atoms with van der Waals surface area (Å²) in [6.45, 7) is 29.1. The van der Waals surface area contributed by atoms with Gasteiger partial charge in [0.05, 0.1) is 5.69 Å². The quantitative estimate of drug-likeness (QED) is 0.148. The zero-order valence-electron chi connectivity index (χ0n) is 49.6. The Morgan fingerprint density at radius 1 is 0.443 bits per heavy atom. The maximum atomic E-state index is 7.43. The highest BCUT2D eigenvalue weighted by Crippen LogP contribution is 2.48. The van der Waals surface area contributed by atoms with Gasteiger partial charge in [0, 0.05) is 22.1 Å². The van der Waals surface area contributed by atoms with Crippen LogP contribution in [0, 0.1) is 0 Å². The summed E-state index contributed by atoms with van der Waals surface area (Å²) in [5.41, 5.74) is 25.9. The van der Waals surface area contributed by atoms with Crippen molar-refractivity contribution in [3.8, 4) is 0 Å². The first-order valence-electron chi connectivity index (χ1n) is 30.1. The molecule has 3 heteroatoms. The lowest BCUT2D eigenvalue weighted by atomic mass is 9.33. The maximum absolute atomic E-state index is 7.43. The number of hydrogen-bond donors (Lipinski definition) is 0. The molecule has 1 saturated carbocycles. The molecule has 1 aromatic heterocycles. The third-order valence-corrected chi connectivity index (χ3v) is 18.6. The van der Waals surface area contributed by atoms with Crippen molar-refractivity contribution in [2.24, 2.45) is 0 Å². The van der Waals surface area contributed by atoms with Crippen molar-refractivity contribution in [2.45, 2.75) is 180 Å². The number of para-hydroxylation sites is 3. The Bertz CT molecular complexity index is 3730. The molecule has 3 heterocycles. The minimum absolute atomic E-state index is 0.0167. The van der Waals surface area contributed by atoms with E-state index in [1.807, 2.05) is 0 Å². The second-order valence-electron chi connectivity index (χ2n) is 28.2. The summed E-state index contributed by atoms with van der Waals surface area (Å²) < 4.78 is 7.43. The van der Waals surface area contributed by atoms with Crippen molar-refractivity contribution in [3.05, 3.63) is 225 Å². The number of rotatable bonds is 7. The summed E-state index contributed by atoms with van der Waals surface area (Å²) in [5, 5.41) is 2.40. The van der Waals surface area contributed by atoms with Crippen molar-refractivity contribution >= 4 is 62.1 Å². The van der Waals surface area contributed by atoms with Crippen LogP contribution in [0.25, 0.3) is 21.9 Å². The number of nitrogens with zero attached hydrogens (tertiary/aromatic N) is 1. The van der Waals surface area contributed by atoms with Gasteiger partial charge in [-0.25, -0.2) is 0 Å². The third kappa shape index (κ3) is 9.80. The molecule has 0 bridgehead atoms. The van der Waals surface area contributed by atoms with Crippen molar-refractivity contribution in [3.63, 3.8) is 0 Å². The molecule has 0 amide bonds. The predicted molar refractivity (Wildman–Crippen MR) is 340 cm³/mol. The van der Waals surface area contributed by atoms with Crippen LogP contribution in [0.5, 0.6) is 0 Å². The standard InChI is InChI=1S/C76H84BNO/c1-73(2,3)63-36-21-19-29-50(63)43-52-47-62-66(76(10,11)12)39-26-41-68(62)77-67-40-25-38-65(75(7,8)9)61(67)46-51(56-32-20-22-37-64(56)74(4,5)6)44-53-45-55(48-60(52)70(53)77)78(54-30-17-14-18-31-54)69-42-24-35-59-58-34-23-33-57(71(58)79-72(59)69)49-27-15-13-16-28-49/h14,17-26,29-42,45,48-49,51-52H,13,15-16,27-28,43-44,46-47H2,1-12H3. The van der Waals surface area contributed by atoms with Gasteiger partial charge in [0.1, 0.15) is 5.58 Å². The van der Waals surface area contributed by atoms with Gasteiger partial charge in [-0.3, -0.25) is 0 Å². The van der Waals surface area contributed by atoms with Crippen molar-refractivity contribution in [1.29, 1.82) is 0 Å². The van der Waals surface area contributed by atoms with E-state index in [2.05, 4.69) is 252 Å². The summed E-state index contributed by atoms with van der Waals surface area (Å²) >= 11 is 0. The van der Waals surface area contributed by atoms with Crippen molar-refractivity contribution in [2.75, 3.05) is 4.90 Å². The summed E-state index contributed by atoms with van der Waals surface area (Å²) in [5.74, 6) is 0.925. The normalized spacial score (nSPS) is 17.2. The Kier molecular flexibility index (Phi) is 13.6. The van der Waals surface area contributed by atoms with Gasteiger partial charge in [0.2, 0.25) is 6.71 Å². The Labute approximate surface area is 474 Å². The Hall–Kier alpha value is -6.58. The van der Waals surface area contributed by atoms with Crippen LogP contribution in [-0.2, 0) is 47.3 Å². The molecule has 1 fully saturated rings. The molecule has 3 aliphatic rings. The van der Waals surface area contributed by atoms with E-state index in [-0.39, 0.29) is 40.2 Å². The van der Waals surface area contributed by atoms with E-state index in [0.717, 1.165) is 48.2 Å². The number of fused-ring (bicyclic) bond motifs is 7. The molecule has 2 unspecified atom stereocenters. The SMILES string of the molecule is CC(C)(C)c1ccccc1CC1Cc2c(cccc2C(C)(C)C)B2c3cccc(C(C)(C)C)c3CC(c3ccccc3C(C)(C)C)Cc3cc(N(c4ccccc4)c4cccc5c4oc4c(C6CCCCC6)cccc45)cc1c32. The van der Waals surface area contributed by atoms with Crippen LogP contribution in [0.3, 0.4) is 0 Å². The summed E-state index contributed by atoms with van der Waals surface area (Å²) in [6, 6.07) is 64.0. The maximum Gasteiger partial charge on any atom is 0.242 e. The predicted octanol–water partition coefficient (Wildman–Crippen LogP) is 18.6. The second kappa shape index (κ2) is 20.2. The minimum Gasteiger partial charge on any atom is -0.454 e. The molecule has 2 nitrogen and oxygen atoms in total. The lowest BCUT2D eigenvalue weighted by Gasteiger charge is -2.37. The Morgan fingerprint density at radius 2 is 0.987 bits per heavy atom. The fourth-order valence-electron chi connectivity index (χ4n) is 15.1. The fourth-order valence-corrected chi connectivity index (χ4v) is 15.1. The second-order valence-corrected chi connectivity index (χ2v) is 28.2. The molecule has 0 spiro atoms. The topological polar surface area (TPSA) is 16.4 Å². The molecule has 79 heavy (non-hydrogen) atoms. The van der Waals surface area contributed by atoms with E-state index in [9.17, 15) is 0 Å². The number of furan rings is 1. The van der Waals surface area contributed by atoms with Gasteiger partial charge >= 0.3 is 0 Å². The van der Waals surface area contributed by atoms with E-state index in [0.29, 0.717) is 5.92 Å². The summed E-state index contributed by atoms with van der Waals surface area (Å²) in [6.07, 6.45) is 10.1. The Morgan fingerprint density at radius 3 is 1.65 bits per heavy atom. The van der Waals surface area contributed by atoms with Gasteiger partial charge in [-0.2, -0.15) is 0 Å². The van der Waals surface area contributed by atoms with E-state index in [1.54, 1.807) is 0 Å². The molecular weight excluding hydrogens is 954 g/mol. The fraction of sp³-hybridized carbons (Fsp3) is 0.368. The largest absolute Gasteiger partial charge is 0.454 e. The molecule has 402 valence electrons. The highest BCUT2D eigenvalue weighted by Gasteiger charge is 2.42. The van der Waals surface area contributed by atoms with Crippen molar-refractivity contribution < 1.29 is 4.42 Å². The van der Waals surface area contributed by atoms with E-state index in [1.165, 1.54) is 126 Å². The third-order valence-electron chi connectivity index (χ3n) is 18.6. The number of benzene rings is 8. The van der Waals surface area contributed by atoms with Crippen LogP contribution in [0.1, 0.15) is 194 Å². The molecule has 1 aliphatic carbocycles. The first kappa shape index (κ1) is 53.1. The Balaban J connectivity index is 1.21. The minimum atomic E-state index is -0.0601. The molecule has 8 aromatic carbocycles. The van der Waals surface area contributed by atoms with E-state index >= 15 is 0 Å². The van der Waals surface area contributed by atoms with Gasteiger partial charge < -0.3 is 9.32 Å². The van der Waals surface area contributed by atoms with Gasteiger partial charge in [0.25, 0.3) is 0 Å². The summed E-state index contributed by atoms with van der Waals surface area (Å²) in [7, 11) is 0. The number of hydrogen-bond acceptors (Lipinski definition) is 2. The monoisotopic (exact) mass is 1040 g/mol. The molecular formula is C76H84BNO. The molecule has 0 N–H and O–H groups in total. The average Bonchev–Trinajstić information content (AvgIpc) is 4.06. The molecule has 2 aliphatic heterocycles. The molecule has 9 aromatic rings. The first-order valence-corrected chi connectivity index (χ1v) is 30.1.